The van der Waals surface area contributed by atoms with Crippen LogP contribution in [-0.4, -0.2) is 26.1 Å². The fourth-order valence-corrected chi connectivity index (χ4v) is 3.91. The molecule has 2 heterocycles. The number of hydrogen-bond donors (Lipinski definition) is 2. The molecule has 0 spiro atoms. The van der Waals surface area contributed by atoms with Crippen LogP contribution in [0.1, 0.15) is 35.2 Å². The van der Waals surface area contributed by atoms with Gasteiger partial charge in [-0.15, -0.1) is 0 Å². The third kappa shape index (κ3) is 4.10. The lowest BCUT2D eigenvalue weighted by Crippen LogP contribution is -2.29. The van der Waals surface area contributed by atoms with Crippen molar-refractivity contribution in [1.29, 1.82) is 0 Å². The summed E-state index contributed by atoms with van der Waals surface area (Å²) >= 11 is 0. The Balaban J connectivity index is 1.61. The first-order chi connectivity index (χ1) is 14.5. The summed E-state index contributed by atoms with van der Waals surface area (Å²) in [5, 5.41) is 4.06. The van der Waals surface area contributed by atoms with Crippen LogP contribution < -0.4 is 26.3 Å². The second-order valence-corrected chi connectivity index (χ2v) is 7.45. The molecule has 1 aromatic heterocycles. The second-order valence-electron chi connectivity index (χ2n) is 7.45. The highest BCUT2D eigenvalue weighted by Gasteiger charge is 2.16. The van der Waals surface area contributed by atoms with Crippen molar-refractivity contribution in [3.8, 4) is 5.75 Å². The second kappa shape index (κ2) is 8.49. The molecule has 1 fully saturated rings. The van der Waals surface area contributed by atoms with Crippen molar-refractivity contribution in [2.45, 2.75) is 25.8 Å². The number of ether oxygens (including phenoxy) is 1. The minimum absolute atomic E-state index is 0.345. The summed E-state index contributed by atoms with van der Waals surface area (Å²) in [6.07, 6.45) is 3.55. The molecular formula is C23H25N3O4. The highest BCUT2D eigenvalue weighted by molar-refractivity contribution is 5.99. The smallest absolute Gasteiger partial charge is 0.336 e. The number of hydrogen-bond acceptors (Lipinski definition) is 6. The number of rotatable bonds is 6. The van der Waals surface area contributed by atoms with E-state index in [1.54, 1.807) is 13.2 Å². The lowest BCUT2D eigenvalue weighted by Gasteiger charge is -2.29. The van der Waals surface area contributed by atoms with Gasteiger partial charge in [0.2, 0.25) is 0 Å². The maximum atomic E-state index is 12.1. The number of carbonyl (C=O) groups excluding carboxylic acids is 1. The molecule has 1 aliphatic rings. The summed E-state index contributed by atoms with van der Waals surface area (Å²) in [5.74, 6) is 0.124. The van der Waals surface area contributed by atoms with Gasteiger partial charge in [-0.3, -0.25) is 4.79 Å². The molecule has 30 heavy (non-hydrogen) atoms. The average molecular weight is 407 g/mol. The van der Waals surface area contributed by atoms with Crippen LogP contribution in [0, 0.1) is 0 Å². The molecule has 3 aromatic rings. The van der Waals surface area contributed by atoms with Gasteiger partial charge < -0.3 is 25.1 Å². The zero-order chi connectivity index (χ0) is 21.1. The minimum atomic E-state index is -0.487. The van der Waals surface area contributed by atoms with Gasteiger partial charge in [-0.1, -0.05) is 0 Å². The van der Waals surface area contributed by atoms with Crippen molar-refractivity contribution in [3.63, 3.8) is 0 Å². The first-order valence-corrected chi connectivity index (χ1v) is 10.1. The van der Waals surface area contributed by atoms with Gasteiger partial charge in [0.15, 0.2) is 0 Å². The van der Waals surface area contributed by atoms with E-state index in [-0.39, 0.29) is 0 Å². The van der Waals surface area contributed by atoms with Crippen molar-refractivity contribution in [2.24, 2.45) is 5.73 Å². The molecule has 7 heteroatoms. The fourth-order valence-electron chi connectivity index (χ4n) is 3.91. The molecule has 0 saturated carbocycles. The van der Waals surface area contributed by atoms with Crippen LogP contribution in [0.4, 0.5) is 11.4 Å². The molecule has 4 rings (SSSR count). The molecule has 0 aliphatic carbocycles. The van der Waals surface area contributed by atoms with Crippen LogP contribution in [0.2, 0.25) is 0 Å². The van der Waals surface area contributed by atoms with Gasteiger partial charge in [0.05, 0.1) is 12.7 Å². The summed E-state index contributed by atoms with van der Waals surface area (Å²) in [4.78, 5) is 26.4. The Kier molecular flexibility index (Phi) is 5.61. The zero-order valence-corrected chi connectivity index (χ0v) is 16.9. The molecule has 3 N–H and O–H groups in total. The van der Waals surface area contributed by atoms with Crippen molar-refractivity contribution in [1.82, 2.24) is 0 Å². The molecule has 1 amide bonds. The summed E-state index contributed by atoms with van der Waals surface area (Å²) in [5.41, 5.74) is 8.51. The molecule has 2 aromatic carbocycles. The molecule has 1 aliphatic heterocycles. The SMILES string of the molecule is COc1ccc2c(CNc3ccc(N4CCCCC4)cc3C(N)=O)cc(=O)oc2c1. The first kappa shape index (κ1) is 19.8. The van der Waals surface area contributed by atoms with Crippen molar-refractivity contribution < 1.29 is 13.9 Å². The van der Waals surface area contributed by atoms with Crippen LogP contribution in [0.5, 0.6) is 5.75 Å². The van der Waals surface area contributed by atoms with Crippen LogP contribution in [0.3, 0.4) is 0 Å². The van der Waals surface area contributed by atoms with E-state index in [2.05, 4.69) is 10.2 Å². The first-order valence-electron chi connectivity index (χ1n) is 10.1. The van der Waals surface area contributed by atoms with Gasteiger partial charge in [-0.05, 0) is 55.2 Å². The number of primary amides is 1. The van der Waals surface area contributed by atoms with Gasteiger partial charge in [0.25, 0.3) is 5.91 Å². The Labute approximate surface area is 174 Å². The zero-order valence-electron chi connectivity index (χ0n) is 16.9. The van der Waals surface area contributed by atoms with Crippen LogP contribution in [-0.2, 0) is 6.54 Å². The Morgan fingerprint density at radius 1 is 1.13 bits per heavy atom. The lowest BCUT2D eigenvalue weighted by molar-refractivity contribution is 0.100. The Bertz CT molecular complexity index is 1130. The van der Waals surface area contributed by atoms with Gasteiger partial charge in [0.1, 0.15) is 11.3 Å². The summed E-state index contributed by atoms with van der Waals surface area (Å²) in [6, 6.07) is 12.5. The normalized spacial score (nSPS) is 14.0. The van der Waals surface area contributed by atoms with E-state index in [9.17, 15) is 9.59 Å². The topological polar surface area (TPSA) is 97.8 Å². The number of nitrogens with one attached hydrogen (secondary N) is 1. The number of carbonyl (C=O) groups is 1. The number of nitrogens with two attached hydrogens (primary N) is 1. The van der Waals surface area contributed by atoms with Gasteiger partial charge >= 0.3 is 5.63 Å². The number of amides is 1. The number of fused-ring (bicyclic) bond motifs is 1. The Morgan fingerprint density at radius 2 is 1.93 bits per heavy atom. The van der Waals surface area contributed by atoms with E-state index in [1.807, 2.05) is 30.3 Å². The largest absolute Gasteiger partial charge is 0.497 e. The number of benzene rings is 2. The molecule has 0 radical (unpaired) electrons. The lowest BCUT2D eigenvalue weighted by atomic mass is 10.1. The van der Waals surface area contributed by atoms with Gasteiger partial charge in [-0.2, -0.15) is 0 Å². The average Bonchev–Trinajstić information content (AvgIpc) is 2.77. The molecule has 0 unspecified atom stereocenters. The van der Waals surface area contributed by atoms with Crippen molar-refractivity contribution >= 4 is 28.3 Å². The van der Waals surface area contributed by atoms with Crippen LogP contribution in [0.15, 0.2) is 51.7 Å². The third-order valence-electron chi connectivity index (χ3n) is 5.50. The Morgan fingerprint density at radius 3 is 2.67 bits per heavy atom. The number of anilines is 2. The number of piperidine rings is 1. The van der Waals surface area contributed by atoms with Crippen LogP contribution >= 0.6 is 0 Å². The predicted molar refractivity (Wildman–Crippen MR) is 117 cm³/mol. The maximum Gasteiger partial charge on any atom is 0.336 e. The van der Waals surface area contributed by atoms with Crippen LogP contribution in [0.25, 0.3) is 11.0 Å². The molecule has 0 bridgehead atoms. The standard InChI is InChI=1S/C23H25N3O4/c1-29-17-6-7-18-15(11-22(27)30-21(18)13-17)14-25-20-8-5-16(12-19(20)23(24)28)26-9-3-2-4-10-26/h5-8,11-13,25H,2-4,9-10,14H2,1H3,(H2,24,28). The number of methoxy groups -OCH3 is 1. The van der Waals surface area contributed by atoms with Gasteiger partial charge in [-0.25, -0.2) is 4.79 Å². The maximum absolute atomic E-state index is 12.1. The Hall–Kier alpha value is -3.48. The molecule has 7 nitrogen and oxygen atoms in total. The monoisotopic (exact) mass is 407 g/mol. The summed E-state index contributed by atoms with van der Waals surface area (Å²) in [6.45, 7) is 2.32. The van der Waals surface area contributed by atoms with E-state index in [0.29, 0.717) is 29.1 Å². The highest BCUT2D eigenvalue weighted by atomic mass is 16.5. The van der Waals surface area contributed by atoms with E-state index in [0.717, 1.165) is 42.6 Å². The van der Waals surface area contributed by atoms with E-state index in [4.69, 9.17) is 14.9 Å². The molecule has 156 valence electrons. The molecule has 0 atom stereocenters. The van der Waals surface area contributed by atoms with Crippen molar-refractivity contribution in [3.05, 3.63) is 64.0 Å². The fraction of sp³-hybridized carbons (Fsp3) is 0.304. The predicted octanol–water partition coefficient (Wildman–Crippen LogP) is 3.50. The minimum Gasteiger partial charge on any atom is -0.497 e. The van der Waals surface area contributed by atoms with E-state index in [1.165, 1.54) is 12.5 Å². The van der Waals surface area contributed by atoms with E-state index >= 15 is 0 Å². The van der Waals surface area contributed by atoms with Crippen molar-refractivity contribution in [2.75, 3.05) is 30.4 Å². The van der Waals surface area contributed by atoms with E-state index < -0.39 is 11.5 Å². The summed E-state index contributed by atoms with van der Waals surface area (Å²) in [7, 11) is 1.56. The number of nitrogens with zero attached hydrogens (tertiary/aromatic N) is 1. The third-order valence-corrected chi connectivity index (χ3v) is 5.50. The highest BCUT2D eigenvalue weighted by Crippen LogP contribution is 2.27. The summed E-state index contributed by atoms with van der Waals surface area (Å²) < 4.78 is 10.5. The van der Waals surface area contributed by atoms with Gasteiger partial charge in [0, 0.05) is 48.5 Å². The quantitative estimate of drug-likeness (QED) is 0.607. The molecular weight excluding hydrogens is 382 g/mol. The molecule has 1 saturated heterocycles.